The van der Waals surface area contributed by atoms with Crippen LogP contribution in [-0.2, 0) is 0 Å². The molecule has 0 unspecified atom stereocenters. The number of anilines is 1. The third-order valence-corrected chi connectivity index (χ3v) is 3.29. The summed E-state index contributed by atoms with van der Waals surface area (Å²) in [6.45, 7) is 3.10. The Labute approximate surface area is 92.6 Å². The maximum Gasteiger partial charge on any atom is 0.355 e. The van der Waals surface area contributed by atoms with Crippen LogP contribution in [0.4, 0.5) is 5.13 Å². The molecular weight excluding hydrogens is 212 g/mol. The minimum Gasteiger partial charge on any atom is -0.476 e. The molecule has 0 aromatic carbocycles. The smallest absolute Gasteiger partial charge is 0.355 e. The van der Waals surface area contributed by atoms with Crippen molar-refractivity contribution in [3.05, 3.63) is 11.1 Å². The zero-order valence-corrected chi connectivity index (χ0v) is 9.46. The summed E-state index contributed by atoms with van der Waals surface area (Å²) in [6.07, 6.45) is 3.49. The van der Waals surface area contributed by atoms with Gasteiger partial charge in [0, 0.05) is 18.0 Å². The zero-order valence-electron chi connectivity index (χ0n) is 8.64. The molecule has 1 N–H and O–H groups in total. The van der Waals surface area contributed by atoms with E-state index >= 15 is 0 Å². The lowest BCUT2D eigenvalue weighted by Crippen LogP contribution is -2.26. The number of aromatic nitrogens is 1. The van der Waals surface area contributed by atoms with E-state index in [9.17, 15) is 4.79 Å². The molecule has 0 bridgehead atoms. The van der Waals surface area contributed by atoms with E-state index in [-0.39, 0.29) is 5.69 Å². The molecule has 1 fully saturated rings. The Morgan fingerprint density at radius 3 is 2.93 bits per heavy atom. The van der Waals surface area contributed by atoms with Crippen LogP contribution < -0.4 is 4.90 Å². The lowest BCUT2D eigenvalue weighted by Gasteiger charge is -2.20. The van der Waals surface area contributed by atoms with Crippen molar-refractivity contribution in [1.82, 2.24) is 4.98 Å². The number of nitrogens with zero attached hydrogens (tertiary/aromatic N) is 2. The quantitative estimate of drug-likeness (QED) is 0.836. The molecule has 0 atom stereocenters. The van der Waals surface area contributed by atoms with Crippen molar-refractivity contribution < 1.29 is 9.90 Å². The Balaban J connectivity index is 2.14. The van der Waals surface area contributed by atoms with E-state index in [1.807, 2.05) is 0 Å². The number of carboxylic acids is 1. The first-order valence-electron chi connectivity index (χ1n) is 5.18. The maximum absolute atomic E-state index is 10.7. The monoisotopic (exact) mass is 226 g/mol. The van der Waals surface area contributed by atoms with Gasteiger partial charge in [0.25, 0.3) is 0 Å². The van der Waals surface area contributed by atoms with E-state index in [1.54, 1.807) is 5.38 Å². The van der Waals surface area contributed by atoms with Crippen molar-refractivity contribution >= 4 is 22.4 Å². The summed E-state index contributed by atoms with van der Waals surface area (Å²) in [5.41, 5.74) is 0.164. The van der Waals surface area contributed by atoms with Gasteiger partial charge < -0.3 is 10.0 Å². The molecule has 0 saturated heterocycles. The largest absolute Gasteiger partial charge is 0.476 e. The first kappa shape index (κ1) is 10.4. The summed E-state index contributed by atoms with van der Waals surface area (Å²) in [5, 5.41) is 11.3. The predicted octanol–water partition coefficient (Wildman–Crippen LogP) is 2.22. The zero-order chi connectivity index (χ0) is 10.8. The van der Waals surface area contributed by atoms with Gasteiger partial charge in [-0.05, 0) is 19.3 Å². The van der Waals surface area contributed by atoms with Crippen LogP contribution in [0.5, 0.6) is 0 Å². The van der Waals surface area contributed by atoms with Crippen LogP contribution in [0.15, 0.2) is 5.38 Å². The first-order chi connectivity index (χ1) is 7.22. The van der Waals surface area contributed by atoms with Crippen molar-refractivity contribution in [1.29, 1.82) is 0 Å². The molecule has 0 amide bonds. The minimum atomic E-state index is -0.940. The van der Waals surface area contributed by atoms with E-state index in [2.05, 4.69) is 16.8 Å². The third-order valence-electron chi connectivity index (χ3n) is 2.41. The molecule has 82 valence electrons. The number of hydrogen-bond acceptors (Lipinski definition) is 4. The van der Waals surface area contributed by atoms with Crippen LogP contribution in [-0.4, -0.2) is 28.6 Å². The second-order valence-corrected chi connectivity index (χ2v) is 4.58. The summed E-state index contributed by atoms with van der Waals surface area (Å²) < 4.78 is 0. The molecule has 2 rings (SSSR count). The summed E-state index contributed by atoms with van der Waals surface area (Å²) in [6, 6.07) is 0.595. The van der Waals surface area contributed by atoms with Gasteiger partial charge in [-0.1, -0.05) is 6.92 Å². The molecule has 15 heavy (non-hydrogen) atoms. The van der Waals surface area contributed by atoms with Crippen molar-refractivity contribution in [2.75, 3.05) is 11.4 Å². The second kappa shape index (κ2) is 4.18. The number of thiazole rings is 1. The van der Waals surface area contributed by atoms with Crippen molar-refractivity contribution in [2.45, 2.75) is 32.2 Å². The molecule has 1 aromatic rings. The highest BCUT2D eigenvalue weighted by molar-refractivity contribution is 7.13. The average Bonchev–Trinajstić information content (AvgIpc) is 2.91. The highest BCUT2D eigenvalue weighted by atomic mass is 32.1. The van der Waals surface area contributed by atoms with Gasteiger partial charge >= 0.3 is 5.97 Å². The number of rotatable bonds is 5. The normalized spacial score (nSPS) is 15.3. The molecule has 5 heteroatoms. The molecular formula is C10H14N2O2S. The topological polar surface area (TPSA) is 53.4 Å². The molecule has 1 aliphatic carbocycles. The Kier molecular flexibility index (Phi) is 2.90. The molecule has 0 aliphatic heterocycles. The van der Waals surface area contributed by atoms with Crippen molar-refractivity contribution in [2.24, 2.45) is 0 Å². The molecule has 0 radical (unpaired) electrons. The second-order valence-electron chi connectivity index (χ2n) is 3.75. The van der Waals surface area contributed by atoms with Crippen LogP contribution in [0.2, 0.25) is 0 Å². The average molecular weight is 226 g/mol. The van der Waals surface area contributed by atoms with Gasteiger partial charge in [0.05, 0.1) is 0 Å². The Morgan fingerprint density at radius 1 is 1.73 bits per heavy atom. The molecule has 1 aliphatic rings. The summed E-state index contributed by atoms with van der Waals surface area (Å²) in [5.74, 6) is -0.940. The van der Waals surface area contributed by atoms with E-state index < -0.39 is 5.97 Å². The standard InChI is InChI=1S/C10H14N2O2S/c1-2-5-12(7-3-4-7)10-11-8(6-15-10)9(13)14/h6-7H,2-5H2,1H3,(H,13,14). The first-order valence-corrected chi connectivity index (χ1v) is 6.05. The fourth-order valence-corrected chi connectivity index (χ4v) is 2.45. The molecule has 0 spiro atoms. The van der Waals surface area contributed by atoms with Gasteiger partial charge in [0.15, 0.2) is 10.8 Å². The summed E-state index contributed by atoms with van der Waals surface area (Å²) in [4.78, 5) is 17.1. The van der Waals surface area contributed by atoms with Gasteiger partial charge in [0.2, 0.25) is 0 Å². The molecule has 1 heterocycles. The van der Waals surface area contributed by atoms with E-state index in [4.69, 9.17) is 5.11 Å². The van der Waals surface area contributed by atoms with Crippen LogP contribution in [0.3, 0.4) is 0 Å². The summed E-state index contributed by atoms with van der Waals surface area (Å²) >= 11 is 1.43. The van der Waals surface area contributed by atoms with E-state index in [0.29, 0.717) is 6.04 Å². The SMILES string of the molecule is CCCN(c1nc(C(=O)O)cs1)C1CC1. The van der Waals surface area contributed by atoms with Gasteiger partial charge in [-0.25, -0.2) is 9.78 Å². The number of aromatic carboxylic acids is 1. The van der Waals surface area contributed by atoms with Crippen molar-refractivity contribution in [3.63, 3.8) is 0 Å². The highest BCUT2D eigenvalue weighted by Crippen LogP contribution is 2.33. The Bertz CT molecular complexity index is 360. The van der Waals surface area contributed by atoms with Crippen LogP contribution >= 0.6 is 11.3 Å². The molecule has 4 nitrogen and oxygen atoms in total. The fourth-order valence-electron chi connectivity index (χ4n) is 1.56. The molecule has 1 aromatic heterocycles. The van der Waals surface area contributed by atoms with E-state index in [0.717, 1.165) is 18.1 Å². The van der Waals surface area contributed by atoms with E-state index in [1.165, 1.54) is 24.2 Å². The van der Waals surface area contributed by atoms with Gasteiger partial charge in [-0.15, -0.1) is 11.3 Å². The van der Waals surface area contributed by atoms with Gasteiger partial charge in [0.1, 0.15) is 0 Å². The van der Waals surface area contributed by atoms with Crippen LogP contribution in [0.25, 0.3) is 0 Å². The van der Waals surface area contributed by atoms with Crippen molar-refractivity contribution in [3.8, 4) is 0 Å². The molecule has 1 saturated carbocycles. The number of hydrogen-bond donors (Lipinski definition) is 1. The van der Waals surface area contributed by atoms with Gasteiger partial charge in [-0.3, -0.25) is 0 Å². The third kappa shape index (κ3) is 2.28. The number of carboxylic acid groups (broad SMARTS) is 1. The van der Waals surface area contributed by atoms with Crippen LogP contribution in [0, 0.1) is 0 Å². The Hall–Kier alpha value is -1.10. The fraction of sp³-hybridized carbons (Fsp3) is 0.600. The predicted molar refractivity (Wildman–Crippen MR) is 59.7 cm³/mol. The number of carbonyl (C=O) groups is 1. The maximum atomic E-state index is 10.7. The Morgan fingerprint density at radius 2 is 2.47 bits per heavy atom. The van der Waals surface area contributed by atoms with Gasteiger partial charge in [-0.2, -0.15) is 0 Å². The lowest BCUT2D eigenvalue weighted by atomic mass is 10.4. The lowest BCUT2D eigenvalue weighted by molar-refractivity contribution is 0.0691. The summed E-state index contributed by atoms with van der Waals surface area (Å²) in [7, 11) is 0. The minimum absolute atomic E-state index is 0.164. The highest BCUT2D eigenvalue weighted by Gasteiger charge is 2.30. The van der Waals surface area contributed by atoms with Crippen LogP contribution in [0.1, 0.15) is 36.7 Å².